The van der Waals surface area contributed by atoms with E-state index >= 15 is 0 Å². The Hall–Kier alpha value is -3.11. The Kier molecular flexibility index (Phi) is 4.80. The first-order chi connectivity index (χ1) is 14.6. The molecule has 0 saturated carbocycles. The molecule has 1 aromatic carbocycles. The van der Waals surface area contributed by atoms with E-state index in [1.165, 1.54) is 0 Å². The van der Waals surface area contributed by atoms with Gasteiger partial charge in [-0.15, -0.1) is 5.10 Å². The molecule has 0 radical (unpaired) electrons. The number of hydrogen-bond acceptors (Lipinski definition) is 7. The Labute approximate surface area is 173 Å². The zero-order valence-corrected chi connectivity index (χ0v) is 16.4. The predicted octanol–water partition coefficient (Wildman–Crippen LogP) is -0.658. The van der Waals surface area contributed by atoms with Gasteiger partial charge in [-0.2, -0.15) is 0 Å². The van der Waals surface area contributed by atoms with E-state index in [0.29, 0.717) is 25.1 Å². The highest BCUT2D eigenvalue weighted by atomic mass is 16.2. The standard InChI is InChI=1S/C20H23N7O3/c28-18-4-3-16(19(29)24-18)26-11-13-7-12(1-2-14(13)20(26)30)8-22-15-9-21-10-17(15)27-6-5-23-25-27/h1-2,5-7,15-17,21-22H,3-4,8-11H2,(H,24,28,29)/t15-,16?,17+/m1/s1. The summed E-state index contributed by atoms with van der Waals surface area (Å²) in [6.45, 7) is 2.73. The number of piperidine rings is 1. The molecule has 3 N–H and O–H groups in total. The summed E-state index contributed by atoms with van der Waals surface area (Å²) in [5.74, 6) is -0.813. The highest BCUT2D eigenvalue weighted by molar-refractivity contribution is 6.05. The van der Waals surface area contributed by atoms with E-state index in [2.05, 4.69) is 26.3 Å². The summed E-state index contributed by atoms with van der Waals surface area (Å²) in [5, 5.41) is 17.3. The summed E-state index contributed by atoms with van der Waals surface area (Å²) in [6.07, 6.45) is 4.18. The molecule has 2 aromatic rings. The number of nitrogens with zero attached hydrogens (tertiary/aromatic N) is 4. The average molecular weight is 409 g/mol. The molecular formula is C20H23N7O3. The van der Waals surface area contributed by atoms with Crippen LogP contribution in [0.3, 0.4) is 0 Å². The Morgan fingerprint density at radius 1 is 1.20 bits per heavy atom. The van der Waals surface area contributed by atoms with Crippen molar-refractivity contribution in [3.63, 3.8) is 0 Å². The Morgan fingerprint density at radius 2 is 2.10 bits per heavy atom. The first-order valence-electron chi connectivity index (χ1n) is 10.2. The van der Waals surface area contributed by atoms with Crippen LogP contribution in [-0.2, 0) is 22.7 Å². The average Bonchev–Trinajstić information content (AvgIpc) is 3.47. The number of hydrogen-bond donors (Lipinski definition) is 3. The maximum Gasteiger partial charge on any atom is 0.255 e. The van der Waals surface area contributed by atoms with Gasteiger partial charge in [0, 0.05) is 50.4 Å². The third-order valence-corrected chi connectivity index (χ3v) is 6.12. The van der Waals surface area contributed by atoms with Crippen molar-refractivity contribution in [3.05, 3.63) is 47.3 Å². The lowest BCUT2D eigenvalue weighted by molar-refractivity contribution is -0.136. The first kappa shape index (κ1) is 18.9. The van der Waals surface area contributed by atoms with Gasteiger partial charge in [-0.25, -0.2) is 4.68 Å². The van der Waals surface area contributed by atoms with Crippen LogP contribution in [0, 0.1) is 0 Å². The fourth-order valence-corrected chi connectivity index (χ4v) is 4.53. The summed E-state index contributed by atoms with van der Waals surface area (Å²) >= 11 is 0. The molecule has 0 bridgehead atoms. The van der Waals surface area contributed by atoms with E-state index in [0.717, 1.165) is 24.2 Å². The number of nitrogens with one attached hydrogen (secondary N) is 3. The highest BCUT2D eigenvalue weighted by Gasteiger charge is 2.39. The SMILES string of the molecule is O=C1CCC(N2Cc3cc(CN[C@@H]4CNC[C@@H]4n4ccnn4)ccc3C2=O)C(=O)N1. The van der Waals surface area contributed by atoms with Crippen LogP contribution in [-0.4, -0.2) is 62.8 Å². The summed E-state index contributed by atoms with van der Waals surface area (Å²) < 4.78 is 1.87. The van der Waals surface area contributed by atoms with Gasteiger partial charge < -0.3 is 15.5 Å². The van der Waals surface area contributed by atoms with Gasteiger partial charge in [-0.3, -0.25) is 19.7 Å². The molecule has 3 atom stereocenters. The van der Waals surface area contributed by atoms with Gasteiger partial charge >= 0.3 is 0 Å². The molecule has 30 heavy (non-hydrogen) atoms. The lowest BCUT2D eigenvalue weighted by Crippen LogP contribution is -2.52. The van der Waals surface area contributed by atoms with Crippen molar-refractivity contribution in [2.45, 2.75) is 44.1 Å². The van der Waals surface area contributed by atoms with Crippen molar-refractivity contribution in [2.24, 2.45) is 0 Å². The monoisotopic (exact) mass is 409 g/mol. The van der Waals surface area contributed by atoms with E-state index in [1.54, 1.807) is 11.1 Å². The van der Waals surface area contributed by atoms with Crippen LogP contribution < -0.4 is 16.0 Å². The normalized spacial score (nSPS) is 26.2. The topological polar surface area (TPSA) is 121 Å². The minimum absolute atomic E-state index is 0.148. The van der Waals surface area contributed by atoms with Crippen molar-refractivity contribution >= 4 is 17.7 Å². The summed E-state index contributed by atoms with van der Waals surface area (Å²) in [5.41, 5.74) is 2.63. The maximum absolute atomic E-state index is 12.8. The quantitative estimate of drug-likeness (QED) is 0.561. The van der Waals surface area contributed by atoms with E-state index < -0.39 is 6.04 Å². The van der Waals surface area contributed by atoms with Gasteiger partial charge in [0.05, 0.1) is 12.2 Å². The van der Waals surface area contributed by atoms with Crippen molar-refractivity contribution in [2.75, 3.05) is 13.1 Å². The molecule has 5 rings (SSSR count). The number of carbonyl (C=O) groups is 3. The molecule has 156 valence electrons. The van der Waals surface area contributed by atoms with Gasteiger partial charge in [-0.05, 0) is 23.6 Å². The van der Waals surface area contributed by atoms with Crippen molar-refractivity contribution in [1.82, 2.24) is 35.8 Å². The van der Waals surface area contributed by atoms with Crippen LogP contribution in [0.2, 0.25) is 0 Å². The van der Waals surface area contributed by atoms with Gasteiger partial charge in [0.2, 0.25) is 11.8 Å². The van der Waals surface area contributed by atoms with Crippen molar-refractivity contribution in [3.8, 4) is 0 Å². The second kappa shape index (κ2) is 7.62. The van der Waals surface area contributed by atoms with Gasteiger partial charge in [-0.1, -0.05) is 17.3 Å². The fraction of sp³-hybridized carbons (Fsp3) is 0.450. The summed E-state index contributed by atoms with van der Waals surface area (Å²) in [4.78, 5) is 38.0. The molecule has 3 aliphatic heterocycles. The Morgan fingerprint density at radius 3 is 2.90 bits per heavy atom. The lowest BCUT2D eigenvalue weighted by Gasteiger charge is -2.29. The fourth-order valence-electron chi connectivity index (χ4n) is 4.53. The Bertz CT molecular complexity index is 990. The molecule has 1 aromatic heterocycles. The molecular weight excluding hydrogens is 386 g/mol. The maximum atomic E-state index is 12.8. The van der Waals surface area contributed by atoms with Gasteiger partial charge in [0.1, 0.15) is 6.04 Å². The number of amides is 3. The molecule has 3 aliphatic rings. The molecule has 10 heteroatoms. The largest absolute Gasteiger partial charge is 0.322 e. The third-order valence-electron chi connectivity index (χ3n) is 6.12. The van der Waals surface area contributed by atoms with Crippen LogP contribution in [0.4, 0.5) is 0 Å². The first-order valence-corrected chi connectivity index (χ1v) is 10.2. The van der Waals surface area contributed by atoms with Crippen molar-refractivity contribution in [1.29, 1.82) is 0 Å². The number of carbonyl (C=O) groups excluding carboxylic acids is 3. The minimum Gasteiger partial charge on any atom is -0.322 e. The Balaban J connectivity index is 1.26. The number of benzene rings is 1. The van der Waals surface area contributed by atoms with Crippen molar-refractivity contribution < 1.29 is 14.4 Å². The smallest absolute Gasteiger partial charge is 0.255 e. The van der Waals surface area contributed by atoms with Crippen LogP contribution in [0.25, 0.3) is 0 Å². The molecule has 4 heterocycles. The number of imide groups is 1. The van der Waals surface area contributed by atoms with Crippen LogP contribution in [0.15, 0.2) is 30.6 Å². The van der Waals surface area contributed by atoms with Gasteiger partial charge in [0.15, 0.2) is 0 Å². The lowest BCUT2D eigenvalue weighted by atomic mass is 10.0. The second-order valence-corrected chi connectivity index (χ2v) is 7.99. The molecule has 2 fully saturated rings. The number of rotatable bonds is 5. The van der Waals surface area contributed by atoms with E-state index in [1.807, 2.05) is 29.1 Å². The van der Waals surface area contributed by atoms with Crippen LogP contribution in [0.1, 0.15) is 40.4 Å². The molecule has 0 spiro atoms. The molecule has 3 amide bonds. The zero-order chi connectivity index (χ0) is 20.7. The predicted molar refractivity (Wildman–Crippen MR) is 105 cm³/mol. The van der Waals surface area contributed by atoms with Crippen LogP contribution in [0.5, 0.6) is 0 Å². The highest BCUT2D eigenvalue weighted by Crippen LogP contribution is 2.28. The summed E-state index contributed by atoms with van der Waals surface area (Å²) in [7, 11) is 0. The second-order valence-electron chi connectivity index (χ2n) is 7.99. The van der Waals surface area contributed by atoms with E-state index in [9.17, 15) is 14.4 Å². The minimum atomic E-state index is -0.586. The number of aromatic nitrogens is 3. The third kappa shape index (κ3) is 3.37. The molecule has 10 nitrogen and oxygen atoms in total. The molecule has 2 saturated heterocycles. The van der Waals surface area contributed by atoms with Crippen LogP contribution >= 0.6 is 0 Å². The number of fused-ring (bicyclic) bond motifs is 1. The zero-order valence-electron chi connectivity index (χ0n) is 16.4. The van der Waals surface area contributed by atoms with E-state index in [4.69, 9.17) is 0 Å². The molecule has 0 aliphatic carbocycles. The summed E-state index contributed by atoms with van der Waals surface area (Å²) in [6, 6.07) is 5.65. The molecule has 1 unspecified atom stereocenters. The van der Waals surface area contributed by atoms with E-state index in [-0.39, 0.29) is 36.2 Å². The van der Waals surface area contributed by atoms with Gasteiger partial charge in [0.25, 0.3) is 5.91 Å².